The van der Waals surface area contributed by atoms with Gasteiger partial charge in [0, 0.05) is 24.7 Å². The largest absolute Gasteiger partial charge is 0.240 e. The van der Waals surface area contributed by atoms with Crippen LogP contribution in [0.3, 0.4) is 0 Å². The fraction of sp³-hybridized carbons (Fsp3) is 0.538. The van der Waals surface area contributed by atoms with Crippen LogP contribution in [0.4, 0.5) is 0 Å². The average molecular weight is 369 g/mol. The molecule has 0 atom stereocenters. The van der Waals surface area contributed by atoms with E-state index in [0.29, 0.717) is 11.6 Å². The minimum atomic E-state index is -3.70. The summed E-state index contributed by atoms with van der Waals surface area (Å²) >= 11 is 5.77. The number of nitrogens with one attached hydrogen (secondary N) is 1. The van der Waals surface area contributed by atoms with Crippen LogP contribution < -0.4 is 4.72 Å². The summed E-state index contributed by atoms with van der Waals surface area (Å²) in [6.07, 6.45) is 2.71. The van der Waals surface area contributed by atoms with Gasteiger partial charge in [0.2, 0.25) is 20.0 Å². The van der Waals surface area contributed by atoms with Gasteiger partial charge in [0.15, 0.2) is 0 Å². The van der Waals surface area contributed by atoms with E-state index in [9.17, 15) is 16.8 Å². The van der Waals surface area contributed by atoms with Crippen LogP contribution >= 0.6 is 11.6 Å². The van der Waals surface area contributed by atoms with Gasteiger partial charge in [0.1, 0.15) is 0 Å². The van der Waals surface area contributed by atoms with Gasteiger partial charge in [-0.15, -0.1) is 0 Å². The Balaban J connectivity index is 2.68. The Kier molecular flexibility index (Phi) is 7.27. The summed E-state index contributed by atoms with van der Waals surface area (Å²) in [5.41, 5.74) is 0. The van der Waals surface area contributed by atoms with Gasteiger partial charge >= 0.3 is 0 Å². The van der Waals surface area contributed by atoms with Gasteiger partial charge in [0.05, 0.1) is 11.2 Å². The lowest BCUT2D eigenvalue weighted by atomic mass is 10.3. The topological polar surface area (TPSA) is 83.6 Å². The van der Waals surface area contributed by atoms with Crippen LogP contribution in [0, 0.1) is 0 Å². The molecule has 0 radical (unpaired) electrons. The molecule has 1 aromatic rings. The second-order valence-electron chi connectivity index (χ2n) is 4.87. The third kappa shape index (κ3) is 6.21. The molecule has 22 heavy (non-hydrogen) atoms. The third-order valence-corrected chi connectivity index (χ3v) is 5.99. The number of sulfonamides is 2. The first-order valence-electron chi connectivity index (χ1n) is 6.87. The first-order valence-corrected chi connectivity index (χ1v) is 10.6. The fourth-order valence-corrected chi connectivity index (χ4v) is 4.01. The molecule has 0 aromatic heterocycles. The lowest BCUT2D eigenvalue weighted by Gasteiger charge is -2.19. The monoisotopic (exact) mass is 368 g/mol. The van der Waals surface area contributed by atoms with Gasteiger partial charge in [0.25, 0.3) is 0 Å². The molecule has 126 valence electrons. The van der Waals surface area contributed by atoms with Crippen molar-refractivity contribution in [3.05, 3.63) is 29.3 Å². The summed E-state index contributed by atoms with van der Waals surface area (Å²) in [6.45, 7) is 2.45. The number of nitrogens with zero attached hydrogens (tertiary/aromatic N) is 1. The van der Waals surface area contributed by atoms with E-state index in [0.717, 1.165) is 19.1 Å². The molecular formula is C13H21ClN2O4S2. The van der Waals surface area contributed by atoms with Crippen LogP contribution in [0.5, 0.6) is 0 Å². The molecule has 0 bridgehead atoms. The highest BCUT2D eigenvalue weighted by Gasteiger charge is 2.18. The van der Waals surface area contributed by atoms with E-state index in [1.165, 1.54) is 16.4 Å². The maximum Gasteiger partial charge on any atom is 0.240 e. The Morgan fingerprint density at radius 3 is 2.41 bits per heavy atom. The van der Waals surface area contributed by atoms with Crippen molar-refractivity contribution in [2.45, 2.75) is 24.7 Å². The quantitative estimate of drug-likeness (QED) is 0.718. The smallest absolute Gasteiger partial charge is 0.213 e. The lowest BCUT2D eigenvalue weighted by Crippen LogP contribution is -2.38. The van der Waals surface area contributed by atoms with Crippen molar-refractivity contribution in [2.75, 3.05) is 25.9 Å². The second kappa shape index (κ2) is 8.26. The van der Waals surface area contributed by atoms with Gasteiger partial charge in [-0.05, 0) is 24.6 Å². The van der Waals surface area contributed by atoms with Gasteiger partial charge in [-0.3, -0.25) is 0 Å². The molecule has 0 amide bonds. The first kappa shape index (κ1) is 19.4. The molecule has 1 rings (SSSR count). The van der Waals surface area contributed by atoms with E-state index >= 15 is 0 Å². The first-order chi connectivity index (χ1) is 10.2. The highest BCUT2D eigenvalue weighted by Crippen LogP contribution is 2.15. The van der Waals surface area contributed by atoms with Gasteiger partial charge in [-0.2, -0.15) is 0 Å². The zero-order chi connectivity index (χ0) is 16.8. The van der Waals surface area contributed by atoms with E-state index in [-0.39, 0.29) is 18.0 Å². The molecule has 0 unspecified atom stereocenters. The molecule has 0 saturated carbocycles. The molecule has 1 N–H and O–H groups in total. The number of rotatable bonds is 9. The van der Waals surface area contributed by atoms with E-state index in [4.69, 9.17) is 11.6 Å². The predicted octanol–water partition coefficient (Wildman–Crippen LogP) is 1.68. The summed E-state index contributed by atoms with van der Waals surface area (Å²) in [7, 11) is -7.05. The molecule has 0 fully saturated rings. The minimum absolute atomic E-state index is 0.00559. The molecule has 1 aromatic carbocycles. The average Bonchev–Trinajstić information content (AvgIpc) is 2.41. The fourth-order valence-electron chi connectivity index (χ4n) is 1.80. The zero-order valence-electron chi connectivity index (χ0n) is 12.6. The van der Waals surface area contributed by atoms with Gasteiger partial charge in [-0.1, -0.05) is 31.0 Å². The van der Waals surface area contributed by atoms with E-state index in [1.807, 2.05) is 6.92 Å². The number of hydrogen-bond acceptors (Lipinski definition) is 4. The Hall–Kier alpha value is -0.670. The molecule has 6 nitrogen and oxygen atoms in total. The predicted molar refractivity (Wildman–Crippen MR) is 88.0 cm³/mol. The SMILES string of the molecule is CCCCN(CCNS(=O)(=O)c1cccc(Cl)c1)S(C)(=O)=O. The van der Waals surface area contributed by atoms with E-state index < -0.39 is 20.0 Å². The van der Waals surface area contributed by atoms with Crippen LogP contribution in [0.15, 0.2) is 29.2 Å². The van der Waals surface area contributed by atoms with Crippen molar-refractivity contribution in [3.63, 3.8) is 0 Å². The maximum absolute atomic E-state index is 12.1. The van der Waals surface area contributed by atoms with E-state index in [1.54, 1.807) is 12.1 Å². The maximum atomic E-state index is 12.1. The minimum Gasteiger partial charge on any atom is -0.213 e. The molecule has 0 aliphatic rings. The van der Waals surface area contributed by atoms with E-state index in [2.05, 4.69) is 4.72 Å². The number of halogens is 1. The van der Waals surface area contributed by atoms with Crippen LogP contribution in [-0.2, 0) is 20.0 Å². The molecule has 0 heterocycles. The Morgan fingerprint density at radius 2 is 1.86 bits per heavy atom. The Labute approximate surface area is 137 Å². The summed E-state index contributed by atoms with van der Waals surface area (Å²) in [4.78, 5) is 0.0551. The van der Waals surface area contributed by atoms with Crippen molar-refractivity contribution >= 4 is 31.6 Å². The molecule has 0 aliphatic heterocycles. The standard InChI is InChI=1S/C13H21ClN2O4S2/c1-3-4-9-16(21(2,17)18)10-8-15-22(19,20)13-7-5-6-12(14)11-13/h5-7,11,15H,3-4,8-10H2,1-2H3. The van der Waals surface area contributed by atoms with Crippen molar-refractivity contribution < 1.29 is 16.8 Å². The zero-order valence-corrected chi connectivity index (χ0v) is 15.0. The lowest BCUT2D eigenvalue weighted by molar-refractivity contribution is 0.408. The normalized spacial score (nSPS) is 12.7. The third-order valence-electron chi connectivity index (χ3n) is 2.99. The second-order valence-corrected chi connectivity index (χ2v) is 9.06. The van der Waals surface area contributed by atoms with Crippen LogP contribution in [0.25, 0.3) is 0 Å². The summed E-state index contributed by atoms with van der Waals surface area (Å²) in [6, 6.07) is 5.90. The highest BCUT2D eigenvalue weighted by molar-refractivity contribution is 7.89. The molecule has 0 saturated heterocycles. The van der Waals surface area contributed by atoms with Crippen molar-refractivity contribution in [3.8, 4) is 0 Å². The number of benzene rings is 1. The Morgan fingerprint density at radius 1 is 1.18 bits per heavy atom. The summed E-state index contributed by atoms with van der Waals surface area (Å²) in [5.74, 6) is 0. The van der Waals surface area contributed by atoms with Crippen molar-refractivity contribution in [1.29, 1.82) is 0 Å². The molecule has 9 heteroatoms. The van der Waals surface area contributed by atoms with Crippen molar-refractivity contribution in [1.82, 2.24) is 9.03 Å². The highest BCUT2D eigenvalue weighted by atomic mass is 35.5. The summed E-state index contributed by atoms with van der Waals surface area (Å²) in [5, 5.41) is 0.323. The number of unbranched alkanes of at least 4 members (excludes halogenated alkanes) is 1. The van der Waals surface area contributed by atoms with Crippen molar-refractivity contribution in [2.24, 2.45) is 0 Å². The molecular weight excluding hydrogens is 348 g/mol. The van der Waals surface area contributed by atoms with Gasteiger partial charge < -0.3 is 0 Å². The Bertz CT molecular complexity index is 690. The van der Waals surface area contributed by atoms with Crippen LogP contribution in [0.2, 0.25) is 5.02 Å². The van der Waals surface area contributed by atoms with Gasteiger partial charge in [-0.25, -0.2) is 25.9 Å². The summed E-state index contributed by atoms with van der Waals surface area (Å²) < 4.78 is 51.1. The number of hydrogen-bond donors (Lipinski definition) is 1. The molecule has 0 aliphatic carbocycles. The van der Waals surface area contributed by atoms with Crippen LogP contribution in [0.1, 0.15) is 19.8 Å². The molecule has 0 spiro atoms. The van der Waals surface area contributed by atoms with Crippen LogP contribution in [-0.4, -0.2) is 47.0 Å².